The van der Waals surface area contributed by atoms with Gasteiger partial charge in [-0.05, 0) is 29.5 Å². The van der Waals surface area contributed by atoms with Crippen molar-refractivity contribution in [3.8, 4) is 0 Å². The third-order valence-electron chi connectivity index (χ3n) is 5.44. The van der Waals surface area contributed by atoms with E-state index in [1.165, 1.54) is 14.2 Å². The molecule has 35 heavy (non-hydrogen) atoms. The summed E-state index contributed by atoms with van der Waals surface area (Å²) in [5, 5.41) is 6.17. The predicted molar refractivity (Wildman–Crippen MR) is 132 cm³/mol. The number of carbonyl (C=O) groups is 2. The van der Waals surface area contributed by atoms with Crippen LogP contribution in [-0.4, -0.2) is 44.8 Å². The second-order valence-electron chi connectivity index (χ2n) is 7.82. The van der Waals surface area contributed by atoms with Crippen LogP contribution in [-0.2, 0) is 36.4 Å². The molecule has 1 N–H and O–H groups in total. The lowest BCUT2D eigenvalue weighted by Gasteiger charge is -2.29. The Hall–Kier alpha value is -3.32. The van der Waals surface area contributed by atoms with E-state index in [1.807, 2.05) is 60.7 Å². The molecular weight excluding hydrogens is 471 g/mol. The van der Waals surface area contributed by atoms with Crippen molar-refractivity contribution in [1.29, 1.82) is 0 Å². The molecule has 0 aliphatic heterocycles. The Morgan fingerprint density at radius 3 is 2.26 bits per heavy atom. The van der Waals surface area contributed by atoms with Crippen molar-refractivity contribution in [3.05, 3.63) is 82.2 Å². The number of esters is 1. The van der Waals surface area contributed by atoms with Crippen LogP contribution in [0.2, 0.25) is 0 Å². The third-order valence-corrected chi connectivity index (χ3v) is 8.27. The van der Waals surface area contributed by atoms with E-state index in [2.05, 4.69) is 15.3 Å². The molecule has 0 saturated carbocycles. The minimum absolute atomic E-state index is 0.0478. The number of nitrogens with one attached hydrogen (secondary N) is 1. The number of azide groups is 1. The smallest absolute Gasteiger partial charge is 0.408 e. The maximum absolute atomic E-state index is 14.0. The highest BCUT2D eigenvalue weighted by Gasteiger charge is 2.39. The molecule has 0 aromatic heterocycles. The van der Waals surface area contributed by atoms with Crippen molar-refractivity contribution in [3.63, 3.8) is 0 Å². The summed E-state index contributed by atoms with van der Waals surface area (Å²) in [5.41, 5.74) is 10.1. The van der Waals surface area contributed by atoms with Crippen LogP contribution in [0.3, 0.4) is 0 Å². The standard InChI is InChI=1S/C24H31N4O6P/c1-32-23(29)21(14-9-15-26-28-25)18-35(31,33-2)22(16-19-10-5-3-6-11-19)27-24(30)34-17-20-12-7-4-8-13-20/h3-8,10-13,21-22H,9,14-18H2,1-2H3,(H,27,30). The van der Waals surface area contributed by atoms with Crippen molar-refractivity contribution in [2.45, 2.75) is 31.7 Å². The molecule has 0 fully saturated rings. The molecule has 2 aromatic rings. The zero-order valence-electron chi connectivity index (χ0n) is 19.9. The first-order chi connectivity index (χ1) is 16.9. The van der Waals surface area contributed by atoms with E-state index in [4.69, 9.17) is 19.5 Å². The lowest BCUT2D eigenvalue weighted by Crippen LogP contribution is -2.39. The summed E-state index contributed by atoms with van der Waals surface area (Å²) in [6.45, 7) is 0.241. The monoisotopic (exact) mass is 502 g/mol. The zero-order chi connectivity index (χ0) is 25.5. The number of amides is 1. The Labute approximate surface area is 205 Å². The summed E-state index contributed by atoms with van der Waals surface area (Å²) in [6, 6.07) is 18.4. The number of carbonyl (C=O) groups excluding carboxylic acids is 2. The number of hydrogen-bond acceptors (Lipinski definition) is 7. The Bertz CT molecular complexity index is 1030. The fourth-order valence-corrected chi connectivity index (χ4v) is 5.96. The molecule has 0 radical (unpaired) electrons. The van der Waals surface area contributed by atoms with Crippen molar-refractivity contribution in [2.75, 3.05) is 26.9 Å². The second kappa shape index (κ2) is 14.8. The normalized spacial score (nSPS) is 14.0. The average Bonchev–Trinajstić information content (AvgIpc) is 2.89. The lowest BCUT2D eigenvalue weighted by molar-refractivity contribution is -0.144. The van der Waals surface area contributed by atoms with Gasteiger partial charge in [-0.3, -0.25) is 9.36 Å². The van der Waals surface area contributed by atoms with Crippen LogP contribution >= 0.6 is 7.37 Å². The van der Waals surface area contributed by atoms with Gasteiger partial charge in [-0.25, -0.2) is 4.79 Å². The second-order valence-corrected chi connectivity index (χ2v) is 10.6. The van der Waals surface area contributed by atoms with E-state index in [0.717, 1.165) is 11.1 Å². The summed E-state index contributed by atoms with van der Waals surface area (Å²) in [5.74, 6) is -2.25. The van der Waals surface area contributed by atoms with Gasteiger partial charge in [-0.1, -0.05) is 65.8 Å². The molecule has 0 heterocycles. The van der Waals surface area contributed by atoms with Crippen molar-refractivity contribution < 1.29 is 28.2 Å². The summed E-state index contributed by atoms with van der Waals surface area (Å²) in [6.07, 6.45) is 0.00557. The van der Waals surface area contributed by atoms with Crippen molar-refractivity contribution in [1.82, 2.24) is 5.32 Å². The summed E-state index contributed by atoms with van der Waals surface area (Å²) < 4.78 is 29.7. The molecule has 0 aliphatic rings. The van der Waals surface area contributed by atoms with Crippen LogP contribution in [0.1, 0.15) is 24.0 Å². The minimum atomic E-state index is -3.62. The van der Waals surface area contributed by atoms with Gasteiger partial charge in [0.2, 0.25) is 7.37 Å². The van der Waals surface area contributed by atoms with Crippen molar-refractivity contribution >= 4 is 19.4 Å². The third kappa shape index (κ3) is 9.45. The maximum Gasteiger partial charge on any atom is 0.408 e. The molecule has 188 valence electrons. The van der Waals surface area contributed by atoms with Gasteiger partial charge in [0.15, 0.2) is 0 Å². The lowest BCUT2D eigenvalue weighted by atomic mass is 10.1. The van der Waals surface area contributed by atoms with Crippen LogP contribution in [0, 0.1) is 5.92 Å². The largest absolute Gasteiger partial charge is 0.469 e. The first kappa shape index (κ1) is 27.9. The topological polar surface area (TPSA) is 140 Å². The molecule has 0 bridgehead atoms. The highest BCUT2D eigenvalue weighted by atomic mass is 31.2. The Balaban J connectivity index is 2.21. The van der Waals surface area contributed by atoms with E-state index in [9.17, 15) is 14.2 Å². The van der Waals surface area contributed by atoms with Crippen molar-refractivity contribution in [2.24, 2.45) is 11.0 Å². The number of methoxy groups -OCH3 is 1. The van der Waals surface area contributed by atoms with E-state index in [0.29, 0.717) is 6.42 Å². The fourth-order valence-electron chi connectivity index (χ4n) is 3.57. The molecule has 2 rings (SSSR count). The molecule has 2 aromatic carbocycles. The van der Waals surface area contributed by atoms with Crippen LogP contribution < -0.4 is 5.32 Å². The number of rotatable bonds is 14. The van der Waals surface area contributed by atoms with Gasteiger partial charge in [0, 0.05) is 31.1 Å². The first-order valence-corrected chi connectivity index (χ1v) is 13.0. The molecule has 3 atom stereocenters. The van der Waals surface area contributed by atoms with E-state index in [-0.39, 0.29) is 32.2 Å². The first-order valence-electron chi connectivity index (χ1n) is 11.2. The summed E-state index contributed by atoms with van der Waals surface area (Å²) >= 11 is 0. The van der Waals surface area contributed by atoms with E-state index >= 15 is 0 Å². The van der Waals surface area contributed by atoms with Crippen LogP contribution in [0.5, 0.6) is 0 Å². The Morgan fingerprint density at radius 1 is 1.06 bits per heavy atom. The number of hydrogen-bond donors (Lipinski definition) is 1. The van der Waals surface area contributed by atoms with Crippen LogP contribution in [0.15, 0.2) is 65.8 Å². The van der Waals surface area contributed by atoms with Crippen LogP contribution in [0.4, 0.5) is 4.79 Å². The van der Waals surface area contributed by atoms with E-state index in [1.54, 1.807) is 0 Å². The number of alkyl carbamates (subject to hydrolysis) is 1. The number of ether oxygens (including phenoxy) is 2. The highest BCUT2D eigenvalue weighted by molar-refractivity contribution is 7.59. The van der Waals surface area contributed by atoms with Gasteiger partial charge in [-0.15, -0.1) is 0 Å². The Morgan fingerprint density at radius 2 is 1.69 bits per heavy atom. The van der Waals surface area contributed by atoms with E-state index < -0.39 is 31.1 Å². The number of nitrogens with zero attached hydrogens (tertiary/aromatic N) is 3. The SMILES string of the molecule is COC(=O)C(CCCN=[N+]=[N-])CP(=O)(OC)C(Cc1ccccc1)NC(=O)OCc1ccccc1. The predicted octanol–water partition coefficient (Wildman–Crippen LogP) is 5.29. The van der Waals surface area contributed by atoms with Gasteiger partial charge in [0.1, 0.15) is 12.4 Å². The molecule has 0 saturated heterocycles. The molecular formula is C24H31N4O6P. The maximum atomic E-state index is 14.0. The van der Waals surface area contributed by atoms with Gasteiger partial charge >= 0.3 is 12.1 Å². The minimum Gasteiger partial charge on any atom is -0.469 e. The molecule has 1 amide bonds. The summed E-state index contributed by atoms with van der Waals surface area (Å²) in [7, 11) is -1.07. The fraction of sp³-hybridized carbons (Fsp3) is 0.417. The molecule has 11 heteroatoms. The molecule has 0 spiro atoms. The Kier molecular flexibility index (Phi) is 11.8. The summed E-state index contributed by atoms with van der Waals surface area (Å²) in [4.78, 5) is 27.8. The average molecular weight is 503 g/mol. The van der Waals surface area contributed by atoms with Gasteiger partial charge < -0.3 is 19.3 Å². The molecule has 10 nitrogen and oxygen atoms in total. The highest BCUT2D eigenvalue weighted by Crippen LogP contribution is 2.53. The van der Waals surface area contributed by atoms with Gasteiger partial charge in [0.25, 0.3) is 0 Å². The molecule has 0 aliphatic carbocycles. The zero-order valence-corrected chi connectivity index (χ0v) is 20.8. The van der Waals surface area contributed by atoms with Gasteiger partial charge in [0.05, 0.1) is 13.0 Å². The van der Waals surface area contributed by atoms with Crippen LogP contribution in [0.25, 0.3) is 10.4 Å². The number of benzene rings is 2. The molecule has 3 unspecified atom stereocenters. The van der Waals surface area contributed by atoms with Gasteiger partial charge in [-0.2, -0.15) is 0 Å². The quantitative estimate of drug-likeness (QED) is 0.0930.